The number of esters is 1. The molecule has 0 unspecified atom stereocenters. The van der Waals surface area contributed by atoms with Gasteiger partial charge in [0.2, 0.25) is 5.91 Å². The van der Waals surface area contributed by atoms with E-state index in [0.29, 0.717) is 19.6 Å². The minimum absolute atomic E-state index is 0.00155. The fourth-order valence-electron chi connectivity index (χ4n) is 3.58. The molecule has 1 aliphatic heterocycles. The Hall–Kier alpha value is -2.42. The van der Waals surface area contributed by atoms with E-state index >= 15 is 0 Å². The summed E-state index contributed by atoms with van der Waals surface area (Å²) in [5, 5.41) is 2.93. The van der Waals surface area contributed by atoms with Crippen molar-refractivity contribution in [2.75, 3.05) is 20.3 Å². The molecule has 2 amide bonds. The average Bonchev–Trinajstić information content (AvgIpc) is 3.38. The van der Waals surface area contributed by atoms with Crippen LogP contribution in [0.15, 0.2) is 6.33 Å². The van der Waals surface area contributed by atoms with E-state index in [1.54, 1.807) is 16.4 Å². The number of ether oxygens (including phenoxy) is 2. The molecule has 1 atom stereocenters. The van der Waals surface area contributed by atoms with Gasteiger partial charge in [-0.2, -0.15) is 0 Å². The van der Waals surface area contributed by atoms with E-state index in [4.69, 9.17) is 9.47 Å². The summed E-state index contributed by atoms with van der Waals surface area (Å²) >= 11 is 0. The van der Waals surface area contributed by atoms with Crippen LogP contribution in [-0.4, -0.2) is 70.2 Å². The van der Waals surface area contributed by atoms with Crippen LogP contribution >= 0.6 is 0 Å². The van der Waals surface area contributed by atoms with E-state index in [-0.39, 0.29) is 41.9 Å². The Bertz CT molecular complexity index is 770. The van der Waals surface area contributed by atoms with Crippen molar-refractivity contribution in [2.24, 2.45) is 0 Å². The second-order valence-electron chi connectivity index (χ2n) is 7.77. The first-order valence-electron chi connectivity index (χ1n) is 9.66. The number of imidazole rings is 1. The maximum atomic E-state index is 13.2. The molecule has 0 radical (unpaired) electrons. The summed E-state index contributed by atoms with van der Waals surface area (Å²) in [6.45, 7) is 6.97. The molecule has 0 spiro atoms. The van der Waals surface area contributed by atoms with Gasteiger partial charge >= 0.3 is 5.97 Å². The zero-order chi connectivity index (χ0) is 20.5. The van der Waals surface area contributed by atoms with Gasteiger partial charge in [-0.1, -0.05) is 0 Å². The molecule has 0 bridgehead atoms. The molecule has 1 aliphatic carbocycles. The van der Waals surface area contributed by atoms with Crippen LogP contribution in [0.2, 0.25) is 0 Å². The maximum absolute atomic E-state index is 13.2. The Morgan fingerprint density at radius 3 is 2.71 bits per heavy atom. The van der Waals surface area contributed by atoms with Crippen LogP contribution in [0.5, 0.6) is 0 Å². The Morgan fingerprint density at radius 1 is 1.39 bits per heavy atom. The molecule has 9 heteroatoms. The number of carbonyl (C=O) groups excluding carboxylic acids is 3. The van der Waals surface area contributed by atoms with Gasteiger partial charge in [0.15, 0.2) is 5.69 Å². The molecule has 1 N–H and O–H groups in total. The Morgan fingerprint density at radius 2 is 2.11 bits per heavy atom. The normalized spacial score (nSPS) is 21.6. The third kappa shape index (κ3) is 3.76. The van der Waals surface area contributed by atoms with E-state index in [2.05, 4.69) is 10.3 Å². The highest BCUT2D eigenvalue weighted by Gasteiger charge is 2.53. The van der Waals surface area contributed by atoms with Gasteiger partial charge in [0, 0.05) is 19.2 Å². The number of hydrogen-bond acceptors (Lipinski definition) is 6. The fourth-order valence-corrected chi connectivity index (χ4v) is 3.58. The van der Waals surface area contributed by atoms with E-state index < -0.39 is 11.5 Å². The lowest BCUT2D eigenvalue weighted by Gasteiger charge is -2.44. The van der Waals surface area contributed by atoms with Gasteiger partial charge in [0.05, 0.1) is 26.1 Å². The summed E-state index contributed by atoms with van der Waals surface area (Å²) < 4.78 is 11.8. The summed E-state index contributed by atoms with van der Waals surface area (Å²) in [6, 6.07) is 0.00155. The second kappa shape index (κ2) is 7.90. The third-order valence-electron chi connectivity index (χ3n) is 5.11. The Balaban J connectivity index is 1.78. The molecule has 9 nitrogen and oxygen atoms in total. The fraction of sp³-hybridized carbons (Fsp3) is 0.684. The topological polar surface area (TPSA) is 103 Å². The molecule has 1 fully saturated rings. The highest BCUT2D eigenvalue weighted by molar-refractivity contribution is 6.06. The molecule has 1 aromatic rings. The van der Waals surface area contributed by atoms with E-state index in [9.17, 15) is 14.4 Å². The van der Waals surface area contributed by atoms with Gasteiger partial charge in [-0.15, -0.1) is 0 Å². The largest absolute Gasteiger partial charge is 0.464 e. The number of methoxy groups -OCH3 is 1. The standard InChI is InChI=1S/C19H28N4O5/c1-12(2)28-9-5-8-20-18(26)19(3)10-22-11-21-14(17(25)27-4)15(22)16(24)23(19)13-6-7-13/h11-13H,5-10H2,1-4H3,(H,20,26)/t19-/m0/s1. The van der Waals surface area contributed by atoms with Crippen LogP contribution in [0.25, 0.3) is 0 Å². The second-order valence-corrected chi connectivity index (χ2v) is 7.77. The van der Waals surface area contributed by atoms with E-state index in [1.807, 2.05) is 13.8 Å². The first-order chi connectivity index (χ1) is 13.3. The first kappa shape index (κ1) is 20.3. The Labute approximate surface area is 164 Å². The molecule has 0 saturated heterocycles. The monoisotopic (exact) mass is 392 g/mol. The molecule has 3 rings (SSSR count). The van der Waals surface area contributed by atoms with Crippen molar-refractivity contribution in [1.82, 2.24) is 19.8 Å². The predicted octanol–water partition coefficient (Wildman–Crippen LogP) is 0.978. The summed E-state index contributed by atoms with van der Waals surface area (Å²) in [6.07, 6.45) is 3.96. The summed E-state index contributed by atoms with van der Waals surface area (Å²) in [5.74, 6) is -1.22. The minimum atomic E-state index is -1.04. The minimum Gasteiger partial charge on any atom is -0.464 e. The number of nitrogens with zero attached hydrogens (tertiary/aromatic N) is 3. The van der Waals surface area contributed by atoms with E-state index in [0.717, 1.165) is 12.8 Å². The third-order valence-corrected chi connectivity index (χ3v) is 5.11. The number of hydrogen-bond donors (Lipinski definition) is 1. The molecule has 28 heavy (non-hydrogen) atoms. The van der Waals surface area contributed by atoms with Gasteiger partial charge in [0.25, 0.3) is 5.91 Å². The number of carbonyl (C=O) groups is 3. The van der Waals surface area contributed by atoms with Crippen LogP contribution in [-0.2, 0) is 20.8 Å². The van der Waals surface area contributed by atoms with Crippen molar-refractivity contribution < 1.29 is 23.9 Å². The van der Waals surface area contributed by atoms with Crippen molar-refractivity contribution in [3.05, 3.63) is 17.7 Å². The van der Waals surface area contributed by atoms with Crippen molar-refractivity contribution in [3.8, 4) is 0 Å². The highest BCUT2D eigenvalue weighted by Crippen LogP contribution is 2.38. The summed E-state index contributed by atoms with van der Waals surface area (Å²) in [4.78, 5) is 43.9. The van der Waals surface area contributed by atoms with Gasteiger partial charge in [0.1, 0.15) is 11.2 Å². The van der Waals surface area contributed by atoms with Crippen LogP contribution in [0.3, 0.4) is 0 Å². The van der Waals surface area contributed by atoms with Gasteiger partial charge in [-0.25, -0.2) is 9.78 Å². The molecule has 1 aromatic heterocycles. The number of nitrogens with one attached hydrogen (secondary N) is 1. The summed E-state index contributed by atoms with van der Waals surface area (Å²) in [7, 11) is 1.25. The number of rotatable bonds is 8. The predicted molar refractivity (Wildman–Crippen MR) is 99.9 cm³/mol. The zero-order valence-corrected chi connectivity index (χ0v) is 16.9. The molecule has 2 heterocycles. The lowest BCUT2D eigenvalue weighted by molar-refractivity contribution is -0.133. The van der Waals surface area contributed by atoms with Crippen molar-refractivity contribution in [3.63, 3.8) is 0 Å². The molecule has 2 aliphatic rings. The average molecular weight is 392 g/mol. The van der Waals surface area contributed by atoms with Crippen LogP contribution < -0.4 is 5.32 Å². The molecular weight excluding hydrogens is 364 g/mol. The summed E-state index contributed by atoms with van der Waals surface area (Å²) in [5.41, 5.74) is -0.862. The highest BCUT2D eigenvalue weighted by atomic mass is 16.5. The van der Waals surface area contributed by atoms with Crippen molar-refractivity contribution in [2.45, 2.75) is 64.3 Å². The molecule has 154 valence electrons. The molecular formula is C19H28N4O5. The van der Waals surface area contributed by atoms with Crippen molar-refractivity contribution >= 4 is 17.8 Å². The zero-order valence-electron chi connectivity index (χ0n) is 16.9. The van der Waals surface area contributed by atoms with Crippen LogP contribution in [0.4, 0.5) is 0 Å². The first-order valence-corrected chi connectivity index (χ1v) is 9.66. The quantitative estimate of drug-likeness (QED) is 0.523. The maximum Gasteiger partial charge on any atom is 0.359 e. The van der Waals surface area contributed by atoms with Gasteiger partial charge in [-0.05, 0) is 40.0 Å². The number of aromatic nitrogens is 2. The van der Waals surface area contributed by atoms with E-state index in [1.165, 1.54) is 13.4 Å². The van der Waals surface area contributed by atoms with Crippen molar-refractivity contribution in [1.29, 1.82) is 0 Å². The Kier molecular flexibility index (Phi) is 5.74. The molecule has 1 saturated carbocycles. The lowest BCUT2D eigenvalue weighted by atomic mass is 9.94. The van der Waals surface area contributed by atoms with Crippen LogP contribution in [0, 0.1) is 0 Å². The number of amides is 2. The smallest absolute Gasteiger partial charge is 0.359 e. The van der Waals surface area contributed by atoms with Gasteiger partial charge in [-0.3, -0.25) is 9.59 Å². The number of fused-ring (bicyclic) bond motifs is 1. The van der Waals surface area contributed by atoms with Crippen LogP contribution in [0.1, 0.15) is 61.0 Å². The SMILES string of the molecule is COC(=O)c1ncn2c1C(=O)N(C1CC1)[C@](C)(C(=O)NCCCOC(C)C)C2. The lowest BCUT2D eigenvalue weighted by Crippen LogP contribution is -2.64. The van der Waals surface area contributed by atoms with Gasteiger partial charge < -0.3 is 24.3 Å². The molecule has 0 aromatic carbocycles.